The number of aryl methyl sites for hydroxylation is 2. The Morgan fingerprint density at radius 2 is 2.00 bits per heavy atom. The van der Waals surface area contributed by atoms with E-state index in [4.69, 9.17) is 0 Å². The number of nitrogens with zero attached hydrogens (tertiary/aromatic N) is 4. The molecule has 8 heteroatoms. The van der Waals surface area contributed by atoms with E-state index >= 15 is 0 Å². The lowest BCUT2D eigenvalue weighted by molar-refractivity contribution is 0.462. The highest BCUT2D eigenvalue weighted by Gasteiger charge is 2.20. The number of aliphatic imine (C=N–C) groups is 1. The molecule has 3 aromatic rings. The molecule has 4 rings (SSSR count). The van der Waals surface area contributed by atoms with Gasteiger partial charge in [0.1, 0.15) is 5.82 Å². The van der Waals surface area contributed by atoms with E-state index in [1.807, 2.05) is 24.5 Å². The van der Waals surface area contributed by atoms with Crippen LogP contribution >= 0.6 is 35.3 Å². The Morgan fingerprint density at radius 3 is 2.73 bits per heavy atom. The van der Waals surface area contributed by atoms with Gasteiger partial charge in [0.25, 0.3) is 0 Å². The van der Waals surface area contributed by atoms with Crippen LogP contribution in [0.15, 0.2) is 46.8 Å². The van der Waals surface area contributed by atoms with Crippen LogP contribution in [-0.2, 0) is 6.54 Å². The van der Waals surface area contributed by atoms with Crippen LogP contribution in [0.1, 0.15) is 25.1 Å². The minimum absolute atomic E-state index is 0. The summed E-state index contributed by atoms with van der Waals surface area (Å²) in [5, 5.41) is 10.6. The first-order chi connectivity index (χ1) is 14.2. The third-order valence-corrected chi connectivity index (χ3v) is 6.50. The van der Waals surface area contributed by atoms with Crippen molar-refractivity contribution in [3.63, 3.8) is 0 Å². The number of para-hydroxylation sites is 2. The molecule has 30 heavy (non-hydrogen) atoms. The van der Waals surface area contributed by atoms with Gasteiger partial charge in [-0.1, -0.05) is 12.1 Å². The molecule has 162 valence electrons. The summed E-state index contributed by atoms with van der Waals surface area (Å²) < 4.78 is 2.30. The second-order valence-corrected chi connectivity index (χ2v) is 8.44. The zero-order chi connectivity index (χ0) is 20.1. The molecule has 1 aliphatic rings. The van der Waals surface area contributed by atoms with Crippen molar-refractivity contribution in [3.05, 3.63) is 47.6 Å². The van der Waals surface area contributed by atoms with Crippen LogP contribution in [0.3, 0.4) is 0 Å². The fourth-order valence-corrected chi connectivity index (χ4v) is 4.79. The van der Waals surface area contributed by atoms with Gasteiger partial charge in [-0.2, -0.15) is 0 Å². The molecule has 0 aliphatic carbocycles. The first-order valence-electron chi connectivity index (χ1n) is 10.4. The largest absolute Gasteiger partial charge is 0.363 e. The summed E-state index contributed by atoms with van der Waals surface area (Å²) in [7, 11) is 1.85. The number of benzene rings is 1. The van der Waals surface area contributed by atoms with Gasteiger partial charge in [-0.3, -0.25) is 4.99 Å². The van der Waals surface area contributed by atoms with Crippen LogP contribution in [0.5, 0.6) is 0 Å². The van der Waals surface area contributed by atoms with Gasteiger partial charge in [0, 0.05) is 39.3 Å². The quantitative estimate of drug-likeness (QED) is 0.213. The van der Waals surface area contributed by atoms with E-state index in [2.05, 4.69) is 72.7 Å². The Balaban J connectivity index is 0.00000256. The zero-order valence-corrected chi connectivity index (χ0v) is 20.8. The van der Waals surface area contributed by atoms with E-state index < -0.39 is 0 Å². The highest BCUT2D eigenvalue weighted by atomic mass is 127. The van der Waals surface area contributed by atoms with Crippen LogP contribution in [0.25, 0.3) is 11.0 Å². The minimum Gasteiger partial charge on any atom is -0.363 e. The number of thiophene rings is 1. The van der Waals surface area contributed by atoms with E-state index in [1.54, 1.807) is 0 Å². The molecule has 0 spiro atoms. The van der Waals surface area contributed by atoms with Gasteiger partial charge >= 0.3 is 0 Å². The van der Waals surface area contributed by atoms with Crippen molar-refractivity contribution >= 4 is 57.3 Å². The van der Waals surface area contributed by atoms with E-state index in [0.29, 0.717) is 6.04 Å². The lowest BCUT2D eigenvalue weighted by Crippen LogP contribution is -2.48. The number of anilines is 1. The zero-order valence-electron chi connectivity index (χ0n) is 17.7. The summed E-state index contributed by atoms with van der Waals surface area (Å²) in [6, 6.07) is 13.2. The molecule has 1 fully saturated rings. The molecule has 1 aromatic carbocycles. The lowest BCUT2D eigenvalue weighted by Gasteiger charge is -2.33. The molecule has 1 saturated heterocycles. The van der Waals surface area contributed by atoms with Crippen molar-refractivity contribution in [2.45, 2.75) is 38.8 Å². The summed E-state index contributed by atoms with van der Waals surface area (Å²) in [5.74, 6) is 1.98. The SMILES string of the molecule is CN=C(NCCCn1c(C)nc2ccccc21)NC1CCN(c2cccs2)CC1.I. The summed E-state index contributed by atoms with van der Waals surface area (Å²) in [5.41, 5.74) is 2.29. The predicted molar refractivity (Wildman–Crippen MR) is 139 cm³/mol. The predicted octanol–water partition coefficient (Wildman–Crippen LogP) is 4.25. The summed E-state index contributed by atoms with van der Waals surface area (Å²) in [6.45, 7) is 6.12. The van der Waals surface area contributed by atoms with Gasteiger partial charge in [0.2, 0.25) is 0 Å². The first-order valence-corrected chi connectivity index (χ1v) is 11.3. The van der Waals surface area contributed by atoms with E-state index in [9.17, 15) is 0 Å². The Hall–Kier alpha value is -1.81. The topological polar surface area (TPSA) is 57.5 Å². The van der Waals surface area contributed by atoms with Crippen LogP contribution in [-0.4, -0.2) is 48.2 Å². The fraction of sp³-hybridized carbons (Fsp3) is 0.455. The number of rotatable bonds is 6. The van der Waals surface area contributed by atoms with Gasteiger partial charge in [0.15, 0.2) is 5.96 Å². The number of imidazole rings is 1. The number of guanidine groups is 1. The highest BCUT2D eigenvalue weighted by molar-refractivity contribution is 14.0. The van der Waals surface area contributed by atoms with Crippen molar-refractivity contribution in [1.82, 2.24) is 20.2 Å². The van der Waals surface area contributed by atoms with E-state index in [0.717, 1.165) is 62.7 Å². The molecule has 2 N–H and O–H groups in total. The monoisotopic (exact) mass is 538 g/mol. The molecule has 0 saturated carbocycles. The average Bonchev–Trinajstić information content (AvgIpc) is 3.39. The maximum atomic E-state index is 4.65. The lowest BCUT2D eigenvalue weighted by atomic mass is 10.1. The summed E-state index contributed by atoms with van der Waals surface area (Å²) in [6.07, 6.45) is 3.30. The fourth-order valence-electron chi connectivity index (χ4n) is 4.00. The number of hydrogen-bond donors (Lipinski definition) is 2. The van der Waals surface area contributed by atoms with Crippen molar-refractivity contribution < 1.29 is 0 Å². The molecule has 3 heterocycles. The van der Waals surface area contributed by atoms with Crippen molar-refractivity contribution in [2.24, 2.45) is 4.99 Å². The molecule has 1 aliphatic heterocycles. The average molecular weight is 539 g/mol. The first kappa shape index (κ1) is 22.9. The smallest absolute Gasteiger partial charge is 0.191 e. The van der Waals surface area contributed by atoms with Crippen molar-refractivity contribution in [1.29, 1.82) is 0 Å². The van der Waals surface area contributed by atoms with Gasteiger partial charge in [-0.05, 0) is 55.8 Å². The molecule has 0 unspecified atom stereocenters. The molecule has 0 bridgehead atoms. The van der Waals surface area contributed by atoms with Gasteiger partial charge in [0.05, 0.1) is 16.0 Å². The second kappa shape index (κ2) is 11.0. The van der Waals surface area contributed by atoms with Crippen LogP contribution in [0.4, 0.5) is 5.00 Å². The maximum absolute atomic E-state index is 4.65. The molecule has 2 aromatic heterocycles. The second-order valence-electron chi connectivity index (χ2n) is 7.51. The van der Waals surface area contributed by atoms with Crippen molar-refractivity contribution in [3.8, 4) is 0 Å². The van der Waals surface area contributed by atoms with Crippen LogP contribution in [0.2, 0.25) is 0 Å². The number of fused-ring (bicyclic) bond motifs is 1. The summed E-state index contributed by atoms with van der Waals surface area (Å²) in [4.78, 5) is 11.5. The Bertz CT molecular complexity index is 944. The van der Waals surface area contributed by atoms with Gasteiger partial charge in [-0.15, -0.1) is 35.3 Å². The standard InChI is InChI=1S/C22H30N6S.HI/c1-17-25-19-7-3-4-8-20(19)28(17)13-6-12-24-22(23-2)26-18-10-14-27(15-11-18)21-9-5-16-29-21;/h3-5,7-9,16,18H,6,10-15H2,1-2H3,(H2,23,24,26);1H. The molecular weight excluding hydrogens is 507 g/mol. The Kier molecular flexibility index (Phi) is 8.38. The molecular formula is C22H31IN6S. The minimum atomic E-state index is 0. The maximum Gasteiger partial charge on any atom is 0.191 e. The van der Waals surface area contributed by atoms with E-state index in [1.165, 1.54) is 10.5 Å². The number of nitrogens with one attached hydrogen (secondary N) is 2. The Morgan fingerprint density at radius 1 is 1.20 bits per heavy atom. The van der Waals surface area contributed by atoms with E-state index in [-0.39, 0.29) is 24.0 Å². The van der Waals surface area contributed by atoms with Gasteiger partial charge in [-0.25, -0.2) is 4.98 Å². The number of piperidine rings is 1. The normalized spacial score (nSPS) is 15.3. The number of hydrogen-bond acceptors (Lipinski definition) is 4. The molecule has 0 atom stereocenters. The summed E-state index contributed by atoms with van der Waals surface area (Å²) >= 11 is 1.83. The van der Waals surface area contributed by atoms with Crippen LogP contribution in [0, 0.1) is 6.92 Å². The molecule has 0 amide bonds. The van der Waals surface area contributed by atoms with Gasteiger partial charge < -0.3 is 20.1 Å². The highest BCUT2D eigenvalue weighted by Crippen LogP contribution is 2.24. The van der Waals surface area contributed by atoms with Crippen molar-refractivity contribution in [2.75, 3.05) is 31.6 Å². The third-order valence-electron chi connectivity index (χ3n) is 5.57. The number of aromatic nitrogens is 2. The Labute approximate surface area is 199 Å². The van der Waals surface area contributed by atoms with Crippen LogP contribution < -0.4 is 15.5 Å². The third kappa shape index (κ3) is 5.46. The molecule has 0 radical (unpaired) electrons. The number of halogens is 1. The molecule has 6 nitrogen and oxygen atoms in total.